The van der Waals surface area contributed by atoms with Crippen LogP contribution in [0.4, 0.5) is 0 Å². The molecule has 14 nitrogen and oxygen atoms in total. The third kappa shape index (κ3) is 13.0. The van der Waals surface area contributed by atoms with E-state index < -0.39 is 69.7 Å². The molecule has 0 bridgehead atoms. The number of hydrogen-bond donors (Lipinski definition) is 3. The molecule has 1 aromatic heterocycles. The summed E-state index contributed by atoms with van der Waals surface area (Å²) in [4.78, 5) is 70.4. The number of hydrazine groups is 1. The Kier molecular flexibility index (Phi) is 15.6. The van der Waals surface area contributed by atoms with Gasteiger partial charge in [0.25, 0.3) is 5.91 Å². The lowest BCUT2D eigenvalue weighted by molar-refractivity contribution is -0.156. The highest BCUT2D eigenvalue weighted by Gasteiger charge is 2.38. The van der Waals surface area contributed by atoms with Gasteiger partial charge < -0.3 is 29.6 Å². The van der Waals surface area contributed by atoms with E-state index in [4.69, 9.17) is 53.8 Å². The van der Waals surface area contributed by atoms with Crippen molar-refractivity contribution in [1.82, 2.24) is 26.1 Å². The van der Waals surface area contributed by atoms with E-state index in [9.17, 15) is 24.0 Å². The van der Waals surface area contributed by atoms with Crippen LogP contribution in [-0.2, 0) is 42.9 Å². The van der Waals surface area contributed by atoms with Gasteiger partial charge in [-0.05, 0) is 57.2 Å². The van der Waals surface area contributed by atoms with Crippen molar-refractivity contribution in [2.24, 2.45) is 16.7 Å². The molecule has 17 heteroatoms. The van der Waals surface area contributed by atoms with Crippen LogP contribution in [0.2, 0.25) is 0 Å². The fraction of sp³-hybridized carbons (Fsp3) is 0.590. The van der Waals surface area contributed by atoms with Crippen LogP contribution in [0, 0.1) is 16.7 Å². The molecule has 2 fully saturated rings. The lowest BCUT2D eigenvalue weighted by atomic mass is 9.89. The van der Waals surface area contributed by atoms with E-state index >= 15 is 0 Å². The second-order valence-corrected chi connectivity index (χ2v) is 18.1. The second-order valence-electron chi connectivity index (χ2n) is 15.6. The number of carbonyl (C=O) groups excluding carboxylic acids is 5. The molecule has 2 aliphatic rings. The van der Waals surface area contributed by atoms with Crippen molar-refractivity contribution in [3.63, 3.8) is 0 Å². The van der Waals surface area contributed by atoms with E-state index in [0.29, 0.717) is 43.9 Å². The zero-order valence-electron chi connectivity index (χ0n) is 32.8. The number of fused-ring (bicyclic) bond motifs is 1. The Morgan fingerprint density at radius 3 is 2.41 bits per heavy atom. The van der Waals surface area contributed by atoms with Crippen LogP contribution in [0.5, 0.6) is 0 Å². The number of nitrogens with zero attached hydrogens (tertiary/aromatic N) is 2. The fourth-order valence-corrected chi connectivity index (χ4v) is 6.15. The molecule has 4 rings (SSSR count). The molecule has 2 saturated heterocycles. The number of rotatable bonds is 16. The molecule has 2 aromatic rings. The summed E-state index contributed by atoms with van der Waals surface area (Å²) in [6.07, 6.45) is 3.87. The maximum atomic E-state index is 13.9. The smallest absolute Gasteiger partial charge is 0.325 e. The van der Waals surface area contributed by atoms with Crippen molar-refractivity contribution in [3.8, 4) is 0 Å². The maximum absolute atomic E-state index is 13.9. The molecule has 0 unspecified atom stereocenters. The number of esters is 2. The predicted molar refractivity (Wildman–Crippen MR) is 212 cm³/mol. The zero-order valence-corrected chi connectivity index (χ0v) is 35.1. The van der Waals surface area contributed by atoms with Gasteiger partial charge >= 0.3 is 11.9 Å². The molecule has 0 radical (unpaired) electrons. The average Bonchev–Trinajstić information content (AvgIpc) is 3.12. The molecule has 4 atom stereocenters. The minimum absolute atomic E-state index is 0.168. The topological polar surface area (TPSA) is 174 Å². The quantitative estimate of drug-likeness (QED) is 0.154. The fourth-order valence-electron chi connectivity index (χ4n) is 5.98. The average molecular weight is 841 g/mol. The first kappa shape index (κ1) is 45.2. The highest BCUT2D eigenvalue weighted by Crippen LogP contribution is 2.28. The first-order valence-electron chi connectivity index (χ1n) is 18.5. The van der Waals surface area contributed by atoms with Crippen LogP contribution in [0.1, 0.15) is 78.7 Å². The minimum atomic E-state index is -1.80. The normalized spacial score (nSPS) is 18.8. The van der Waals surface area contributed by atoms with Crippen molar-refractivity contribution < 1.29 is 42.9 Å². The first-order chi connectivity index (χ1) is 26.2. The van der Waals surface area contributed by atoms with E-state index in [2.05, 4.69) is 21.0 Å². The Morgan fingerprint density at radius 1 is 1.09 bits per heavy atom. The SMILES string of the molecule is CC(=O)O[C@H](C)c1ccc2ccc(/C=C/C(C)(C)C(=O)N[C@H](C(=O)N[C@@H](COCC3(C)COC3)C(=O)N3CCC[C@@H](C(=O)OCC(Cl)(Cl)Cl)N3)C(C)C)cc2n1. The molecule has 3 N–H and O–H groups in total. The summed E-state index contributed by atoms with van der Waals surface area (Å²) in [5, 5.41) is 7.83. The van der Waals surface area contributed by atoms with Gasteiger partial charge in [0.1, 0.15) is 30.8 Å². The zero-order chi connectivity index (χ0) is 41.4. The van der Waals surface area contributed by atoms with Crippen LogP contribution in [0.25, 0.3) is 17.0 Å². The monoisotopic (exact) mass is 839 g/mol. The molecule has 308 valence electrons. The van der Waals surface area contributed by atoms with Crippen molar-refractivity contribution in [2.75, 3.05) is 39.6 Å². The van der Waals surface area contributed by atoms with Gasteiger partial charge in [-0.15, -0.1) is 0 Å². The first-order valence-corrected chi connectivity index (χ1v) is 19.6. The number of amides is 3. The minimum Gasteiger partial charge on any atom is -0.460 e. The highest BCUT2D eigenvalue weighted by molar-refractivity contribution is 6.67. The molecule has 2 aliphatic heterocycles. The van der Waals surface area contributed by atoms with Crippen LogP contribution < -0.4 is 16.1 Å². The number of benzene rings is 1. The molecular formula is C39H52Cl3N5O9. The van der Waals surface area contributed by atoms with Crippen molar-refractivity contribution in [1.29, 1.82) is 0 Å². The van der Waals surface area contributed by atoms with Crippen LogP contribution in [-0.4, -0.2) is 101 Å². The predicted octanol–water partition coefficient (Wildman–Crippen LogP) is 4.99. The summed E-state index contributed by atoms with van der Waals surface area (Å²) in [7, 11) is 0. The Morgan fingerprint density at radius 2 is 1.79 bits per heavy atom. The van der Waals surface area contributed by atoms with Gasteiger partial charge in [0.15, 0.2) is 0 Å². The second kappa shape index (κ2) is 19.3. The summed E-state index contributed by atoms with van der Waals surface area (Å²) in [5.41, 5.74) is 3.70. The van der Waals surface area contributed by atoms with Gasteiger partial charge in [-0.25, -0.2) is 10.4 Å². The standard InChI is InChI=1S/C39H52Cl3N5O9/c1-23(2)32(45-36(52)37(5,6)15-14-26-10-11-27-12-13-28(43-30(27)17-26)24(3)56-25(4)48)33(49)44-31(18-53-19-38(7)20-54-21-38)34(50)47-16-8-9-29(46-47)35(51)55-22-39(40,41)42/h10-15,17,23-24,29,31-32,46H,8-9,16,18-22H2,1-7H3,(H,44,49)(H,45,52)/b15-14+/t24-,29+,31+,32+/m1/s1. The molecule has 56 heavy (non-hydrogen) atoms. The number of halogens is 3. The van der Waals surface area contributed by atoms with Crippen molar-refractivity contribution in [3.05, 3.63) is 47.7 Å². The van der Waals surface area contributed by atoms with Gasteiger partial charge in [0, 0.05) is 24.3 Å². The molecule has 3 amide bonds. The van der Waals surface area contributed by atoms with Crippen molar-refractivity contribution in [2.45, 2.75) is 89.3 Å². The molecular weight excluding hydrogens is 789 g/mol. The largest absolute Gasteiger partial charge is 0.460 e. The Bertz CT molecular complexity index is 1780. The summed E-state index contributed by atoms with van der Waals surface area (Å²) >= 11 is 17.2. The summed E-state index contributed by atoms with van der Waals surface area (Å²) in [6.45, 7) is 13.0. The highest BCUT2D eigenvalue weighted by atomic mass is 35.6. The molecule has 3 heterocycles. The van der Waals surface area contributed by atoms with E-state index in [0.717, 1.165) is 10.9 Å². The third-order valence-electron chi connectivity index (χ3n) is 9.38. The van der Waals surface area contributed by atoms with Crippen molar-refractivity contribution >= 4 is 81.4 Å². The Labute approximate surface area is 342 Å². The van der Waals surface area contributed by atoms with Crippen LogP contribution in [0.15, 0.2) is 36.4 Å². The summed E-state index contributed by atoms with van der Waals surface area (Å²) < 4.78 is 19.9. The van der Waals surface area contributed by atoms with Gasteiger partial charge in [-0.1, -0.05) is 85.9 Å². The Balaban J connectivity index is 1.45. The van der Waals surface area contributed by atoms with Gasteiger partial charge in [0.05, 0.1) is 43.1 Å². The van der Waals surface area contributed by atoms with E-state index in [1.807, 2.05) is 37.3 Å². The van der Waals surface area contributed by atoms with E-state index in [-0.39, 0.29) is 24.5 Å². The number of carbonyl (C=O) groups is 5. The summed E-state index contributed by atoms with van der Waals surface area (Å²) in [5.74, 6) is -2.98. The third-order valence-corrected chi connectivity index (χ3v) is 9.70. The van der Waals surface area contributed by atoms with E-state index in [1.165, 1.54) is 11.9 Å². The number of alkyl halides is 3. The summed E-state index contributed by atoms with van der Waals surface area (Å²) in [6, 6.07) is 6.34. The lowest BCUT2D eigenvalue weighted by Crippen LogP contribution is -2.63. The number of aromatic nitrogens is 1. The Hall–Kier alpha value is -3.53. The van der Waals surface area contributed by atoms with Crippen LogP contribution in [0.3, 0.4) is 0 Å². The molecule has 0 saturated carbocycles. The molecule has 0 aliphatic carbocycles. The number of nitrogens with one attached hydrogen (secondary N) is 3. The lowest BCUT2D eigenvalue weighted by Gasteiger charge is -2.38. The van der Waals surface area contributed by atoms with Gasteiger partial charge in [0.2, 0.25) is 15.6 Å². The van der Waals surface area contributed by atoms with Crippen LogP contribution >= 0.6 is 34.8 Å². The van der Waals surface area contributed by atoms with E-state index in [1.54, 1.807) is 46.8 Å². The van der Waals surface area contributed by atoms with Gasteiger partial charge in [-0.3, -0.25) is 29.0 Å². The number of pyridine rings is 1. The molecule has 0 spiro atoms. The maximum Gasteiger partial charge on any atom is 0.325 e. The van der Waals surface area contributed by atoms with Gasteiger partial charge in [-0.2, -0.15) is 0 Å². The molecule has 1 aromatic carbocycles. The number of hydrogen-bond acceptors (Lipinski definition) is 11. The number of ether oxygens (including phenoxy) is 4.